The highest BCUT2D eigenvalue weighted by Gasteiger charge is 2.31. The normalized spacial score (nSPS) is 20.3. The number of amides is 1. The molecule has 1 aliphatic rings. The predicted molar refractivity (Wildman–Crippen MR) is 114 cm³/mol. The summed E-state index contributed by atoms with van der Waals surface area (Å²) in [4.78, 5) is 19.4. The Morgan fingerprint density at radius 1 is 0.852 bits per heavy atom. The number of piperazine rings is 1. The van der Waals surface area contributed by atoms with Crippen LogP contribution in [0.2, 0.25) is 0 Å². The second-order valence-electron chi connectivity index (χ2n) is 6.77. The van der Waals surface area contributed by atoms with Gasteiger partial charge >= 0.3 is 0 Å². The number of halogens is 2. The van der Waals surface area contributed by atoms with Crippen molar-refractivity contribution in [2.24, 2.45) is 0 Å². The Labute approximate surface area is 172 Å². The molecule has 0 unspecified atom stereocenters. The molecule has 5 rings (SSSR count). The third-order valence-electron chi connectivity index (χ3n) is 5.14. The summed E-state index contributed by atoms with van der Waals surface area (Å²) in [6, 6.07) is 11.7. The van der Waals surface area contributed by atoms with Gasteiger partial charge in [0.15, 0.2) is 0 Å². The van der Waals surface area contributed by atoms with E-state index in [4.69, 9.17) is 0 Å². The molecule has 0 bridgehead atoms. The van der Waals surface area contributed by atoms with Crippen molar-refractivity contribution in [3.8, 4) is 0 Å². The van der Waals surface area contributed by atoms with Gasteiger partial charge in [0, 0.05) is 60.8 Å². The number of aromatic amines is 2. The molecular weight excluding hydrogens is 472 g/mol. The molecule has 0 saturated carbocycles. The second-order valence-corrected chi connectivity index (χ2v) is 8.60. The van der Waals surface area contributed by atoms with E-state index in [1.54, 1.807) is 0 Å². The molecular formula is C20H16Br2N4O. The molecule has 2 aromatic heterocycles. The van der Waals surface area contributed by atoms with Gasteiger partial charge in [-0.1, -0.05) is 44.0 Å². The van der Waals surface area contributed by atoms with E-state index in [9.17, 15) is 4.79 Å². The lowest BCUT2D eigenvalue weighted by atomic mass is 9.98. The van der Waals surface area contributed by atoms with Crippen molar-refractivity contribution < 1.29 is 4.79 Å². The molecule has 3 heterocycles. The van der Waals surface area contributed by atoms with Crippen molar-refractivity contribution in [2.75, 3.05) is 6.54 Å². The SMILES string of the molecule is O=C1N[C@@H](c2c[nH]c3cc(Br)ccc23)CN[C@H]1c1c[nH]c2cc(Br)ccc12. The molecule has 5 nitrogen and oxygen atoms in total. The number of rotatable bonds is 2. The van der Waals surface area contributed by atoms with Gasteiger partial charge in [0.05, 0.1) is 6.04 Å². The third-order valence-corrected chi connectivity index (χ3v) is 6.13. The summed E-state index contributed by atoms with van der Waals surface area (Å²) >= 11 is 6.98. The minimum Gasteiger partial charge on any atom is -0.361 e. The molecule has 0 radical (unpaired) electrons. The van der Waals surface area contributed by atoms with E-state index < -0.39 is 0 Å². The minimum atomic E-state index is -0.365. The third kappa shape index (κ3) is 2.90. The molecule has 2 aromatic carbocycles. The van der Waals surface area contributed by atoms with E-state index in [0.717, 1.165) is 41.9 Å². The topological polar surface area (TPSA) is 72.7 Å². The van der Waals surface area contributed by atoms with Gasteiger partial charge in [-0.25, -0.2) is 0 Å². The lowest BCUT2D eigenvalue weighted by Crippen LogP contribution is -2.49. The van der Waals surface area contributed by atoms with Crippen LogP contribution in [-0.4, -0.2) is 22.4 Å². The zero-order valence-electron chi connectivity index (χ0n) is 14.1. The lowest BCUT2D eigenvalue weighted by Gasteiger charge is -2.30. The zero-order valence-corrected chi connectivity index (χ0v) is 17.3. The van der Waals surface area contributed by atoms with Crippen molar-refractivity contribution in [1.82, 2.24) is 20.6 Å². The van der Waals surface area contributed by atoms with Crippen molar-refractivity contribution in [1.29, 1.82) is 0 Å². The summed E-state index contributed by atoms with van der Waals surface area (Å²) < 4.78 is 2.04. The van der Waals surface area contributed by atoms with Gasteiger partial charge in [0.2, 0.25) is 5.91 Å². The van der Waals surface area contributed by atoms with Crippen LogP contribution in [0.15, 0.2) is 57.7 Å². The molecule has 4 N–H and O–H groups in total. The molecule has 1 fully saturated rings. The van der Waals surface area contributed by atoms with Crippen LogP contribution >= 0.6 is 31.9 Å². The number of carbonyl (C=O) groups excluding carboxylic acids is 1. The predicted octanol–water partition coefficient (Wildman–Crippen LogP) is 4.68. The largest absolute Gasteiger partial charge is 0.361 e. The Hall–Kier alpha value is -2.09. The zero-order chi connectivity index (χ0) is 18.5. The molecule has 7 heteroatoms. The highest BCUT2D eigenvalue weighted by molar-refractivity contribution is 9.10. The maximum absolute atomic E-state index is 12.9. The van der Waals surface area contributed by atoms with Crippen LogP contribution in [0.1, 0.15) is 23.2 Å². The second kappa shape index (κ2) is 6.51. The molecule has 136 valence electrons. The Morgan fingerprint density at radius 3 is 2.07 bits per heavy atom. The fourth-order valence-electron chi connectivity index (χ4n) is 3.84. The summed E-state index contributed by atoms with van der Waals surface area (Å²) in [7, 11) is 0. The van der Waals surface area contributed by atoms with Crippen molar-refractivity contribution in [3.05, 3.63) is 68.9 Å². The van der Waals surface area contributed by atoms with Crippen LogP contribution in [-0.2, 0) is 4.79 Å². The van der Waals surface area contributed by atoms with Crippen LogP contribution in [0.25, 0.3) is 21.8 Å². The van der Waals surface area contributed by atoms with Gasteiger partial charge in [-0.3, -0.25) is 10.1 Å². The van der Waals surface area contributed by atoms with Crippen LogP contribution in [0.4, 0.5) is 0 Å². The first-order chi connectivity index (χ1) is 13.1. The quantitative estimate of drug-likeness (QED) is 0.331. The molecule has 4 aromatic rings. The molecule has 1 saturated heterocycles. The molecule has 1 aliphatic heterocycles. The van der Waals surface area contributed by atoms with Crippen molar-refractivity contribution in [3.63, 3.8) is 0 Å². The van der Waals surface area contributed by atoms with Gasteiger partial charge in [-0.05, 0) is 24.3 Å². The molecule has 2 atom stereocenters. The first kappa shape index (κ1) is 17.0. The van der Waals surface area contributed by atoms with Gasteiger partial charge < -0.3 is 15.3 Å². The average Bonchev–Trinajstić information content (AvgIpc) is 3.25. The summed E-state index contributed by atoms with van der Waals surface area (Å²) in [5, 5.41) is 8.79. The standard InChI is InChI=1S/C20H16Br2N4O/c21-10-1-3-12-14(7-23-16(12)5-10)18-9-25-19(20(27)26-18)15-8-24-17-6-11(22)2-4-13(15)17/h1-8,18-19,23-25H,9H2,(H,26,27)/t18-,19+/m1/s1. The van der Waals surface area contributed by atoms with Gasteiger partial charge in [0.1, 0.15) is 6.04 Å². The smallest absolute Gasteiger partial charge is 0.242 e. The molecule has 27 heavy (non-hydrogen) atoms. The number of benzene rings is 2. The monoisotopic (exact) mass is 486 g/mol. The first-order valence-electron chi connectivity index (χ1n) is 8.67. The average molecular weight is 488 g/mol. The number of fused-ring (bicyclic) bond motifs is 2. The van der Waals surface area contributed by atoms with Crippen LogP contribution in [0.3, 0.4) is 0 Å². The number of carbonyl (C=O) groups is 1. The van der Waals surface area contributed by atoms with Crippen molar-refractivity contribution in [2.45, 2.75) is 12.1 Å². The number of nitrogens with one attached hydrogen (secondary N) is 4. The molecule has 0 spiro atoms. The summed E-state index contributed by atoms with van der Waals surface area (Å²) in [6.45, 7) is 0.669. The minimum absolute atomic E-state index is 0.0125. The van der Waals surface area contributed by atoms with Gasteiger partial charge in [-0.15, -0.1) is 0 Å². The Balaban J connectivity index is 1.44. The van der Waals surface area contributed by atoms with E-state index in [1.807, 2.05) is 42.7 Å². The maximum Gasteiger partial charge on any atom is 0.242 e. The Bertz CT molecular complexity index is 1180. The Morgan fingerprint density at radius 2 is 1.44 bits per heavy atom. The maximum atomic E-state index is 12.9. The fourth-order valence-corrected chi connectivity index (χ4v) is 4.56. The van der Waals surface area contributed by atoms with Gasteiger partial charge in [0.25, 0.3) is 0 Å². The summed E-state index contributed by atoms with van der Waals surface area (Å²) in [5.74, 6) is -0.0125. The van der Waals surface area contributed by atoms with Crippen molar-refractivity contribution >= 4 is 59.6 Å². The molecule has 1 amide bonds. The van der Waals surface area contributed by atoms with E-state index in [0.29, 0.717) is 6.54 Å². The van der Waals surface area contributed by atoms with Crippen LogP contribution in [0.5, 0.6) is 0 Å². The summed E-state index contributed by atoms with van der Waals surface area (Å²) in [5.41, 5.74) is 4.13. The highest BCUT2D eigenvalue weighted by Crippen LogP contribution is 2.32. The van der Waals surface area contributed by atoms with Gasteiger partial charge in [-0.2, -0.15) is 0 Å². The summed E-state index contributed by atoms with van der Waals surface area (Å²) in [6.07, 6.45) is 3.89. The fraction of sp³-hybridized carbons (Fsp3) is 0.150. The first-order valence-corrected chi connectivity index (χ1v) is 10.3. The van der Waals surface area contributed by atoms with Crippen LogP contribution < -0.4 is 10.6 Å². The van der Waals surface area contributed by atoms with Crippen LogP contribution in [0, 0.1) is 0 Å². The van der Waals surface area contributed by atoms with E-state index >= 15 is 0 Å². The Kier molecular flexibility index (Phi) is 4.11. The lowest BCUT2D eigenvalue weighted by molar-refractivity contribution is -0.125. The number of hydrogen-bond acceptors (Lipinski definition) is 2. The number of H-pyrrole nitrogens is 2. The van der Waals surface area contributed by atoms with E-state index in [1.165, 1.54) is 0 Å². The van der Waals surface area contributed by atoms with E-state index in [-0.39, 0.29) is 18.0 Å². The number of hydrogen-bond donors (Lipinski definition) is 4. The number of aromatic nitrogens is 2. The molecule has 0 aliphatic carbocycles. The van der Waals surface area contributed by atoms with E-state index in [2.05, 4.69) is 58.5 Å². The highest BCUT2D eigenvalue weighted by atomic mass is 79.9.